The Morgan fingerprint density at radius 3 is 2.67 bits per heavy atom. The van der Waals surface area contributed by atoms with E-state index in [1.165, 1.54) is 16.7 Å². The molecule has 7 heteroatoms. The summed E-state index contributed by atoms with van der Waals surface area (Å²) < 4.78 is 1.85. The lowest BCUT2D eigenvalue weighted by molar-refractivity contribution is 0.198. The molecule has 3 rings (SSSR count). The molecule has 0 spiro atoms. The monoisotopic (exact) mass is 411 g/mol. The topological polar surface area (TPSA) is 60.7 Å². The second-order valence-electron chi connectivity index (χ2n) is 8.56. The van der Waals surface area contributed by atoms with Crippen LogP contribution in [-0.2, 0) is 13.6 Å². The Labute approximate surface area is 181 Å². The summed E-state index contributed by atoms with van der Waals surface area (Å²) in [6.45, 7) is 6.20. The van der Waals surface area contributed by atoms with E-state index in [4.69, 9.17) is 0 Å². The zero-order valence-corrected chi connectivity index (χ0v) is 19.1. The van der Waals surface area contributed by atoms with Gasteiger partial charge in [-0.1, -0.05) is 29.8 Å². The van der Waals surface area contributed by atoms with Gasteiger partial charge in [-0.25, -0.2) is 0 Å². The number of benzene rings is 1. The van der Waals surface area contributed by atoms with Gasteiger partial charge in [0.25, 0.3) is 0 Å². The van der Waals surface area contributed by atoms with Gasteiger partial charge >= 0.3 is 0 Å². The first-order valence-electron chi connectivity index (χ1n) is 10.8. The molecular weight excluding hydrogens is 374 g/mol. The molecule has 0 saturated carbocycles. The number of likely N-dealkylation sites (N-methyl/N-ethyl adjacent to an activating group) is 1. The normalized spacial score (nSPS) is 17.3. The van der Waals surface area contributed by atoms with Crippen LogP contribution < -0.4 is 10.6 Å². The first kappa shape index (κ1) is 22.3. The van der Waals surface area contributed by atoms with E-state index in [0.717, 1.165) is 45.0 Å². The third kappa shape index (κ3) is 6.31. The van der Waals surface area contributed by atoms with Crippen molar-refractivity contribution in [3.8, 4) is 0 Å². The van der Waals surface area contributed by atoms with Crippen molar-refractivity contribution in [3.05, 3.63) is 53.3 Å². The molecule has 7 nitrogen and oxygen atoms in total. The average Bonchev–Trinajstić information content (AvgIpc) is 3.14. The maximum absolute atomic E-state index is 4.45. The van der Waals surface area contributed by atoms with Gasteiger partial charge < -0.3 is 15.5 Å². The van der Waals surface area contributed by atoms with Crippen molar-refractivity contribution in [1.29, 1.82) is 0 Å². The molecule has 1 aliphatic rings. The van der Waals surface area contributed by atoms with Gasteiger partial charge in [0.05, 0.1) is 12.2 Å². The van der Waals surface area contributed by atoms with Crippen molar-refractivity contribution >= 4 is 5.96 Å². The maximum Gasteiger partial charge on any atom is 0.191 e. The molecule has 2 aromatic rings. The molecule has 1 unspecified atom stereocenters. The molecule has 0 radical (unpaired) electrons. The summed E-state index contributed by atoms with van der Waals surface area (Å²) >= 11 is 0. The molecule has 164 valence electrons. The predicted molar refractivity (Wildman–Crippen MR) is 124 cm³/mol. The van der Waals surface area contributed by atoms with E-state index in [-0.39, 0.29) is 6.04 Å². The average molecular weight is 412 g/mol. The molecule has 1 aliphatic heterocycles. The zero-order valence-electron chi connectivity index (χ0n) is 19.1. The van der Waals surface area contributed by atoms with Crippen molar-refractivity contribution in [3.63, 3.8) is 0 Å². The van der Waals surface area contributed by atoms with Crippen LogP contribution in [-0.4, -0.2) is 72.4 Å². The minimum absolute atomic E-state index is 0.244. The summed E-state index contributed by atoms with van der Waals surface area (Å²) in [5, 5.41) is 11.4. The van der Waals surface area contributed by atoms with Gasteiger partial charge in [0.15, 0.2) is 5.96 Å². The molecule has 1 aromatic heterocycles. The molecule has 2 heterocycles. The summed E-state index contributed by atoms with van der Waals surface area (Å²) in [4.78, 5) is 9.21. The lowest BCUT2D eigenvalue weighted by atomic mass is 10.0. The predicted octanol–water partition coefficient (Wildman–Crippen LogP) is 2.16. The van der Waals surface area contributed by atoms with Crippen molar-refractivity contribution < 1.29 is 0 Å². The standard InChI is InChI=1S/C23H37N7/c1-18-7-6-8-19(13-18)16-30-11-9-21(10-12-30)27-23(24-2)25-15-22(28(3)4)20-14-26-29(5)17-20/h6-8,13-14,17,21-22H,9-12,15-16H2,1-5H3,(H2,24,25,27). The maximum atomic E-state index is 4.45. The molecule has 0 bridgehead atoms. The molecule has 30 heavy (non-hydrogen) atoms. The summed E-state index contributed by atoms with van der Waals surface area (Å²) in [5.74, 6) is 0.878. The lowest BCUT2D eigenvalue weighted by Gasteiger charge is -2.33. The molecule has 2 N–H and O–H groups in total. The highest BCUT2D eigenvalue weighted by atomic mass is 15.3. The number of aromatic nitrogens is 2. The van der Waals surface area contributed by atoms with Crippen molar-refractivity contribution in [2.45, 2.75) is 38.4 Å². The molecule has 1 atom stereocenters. The zero-order chi connectivity index (χ0) is 21.5. The van der Waals surface area contributed by atoms with Gasteiger partial charge in [-0.3, -0.25) is 14.6 Å². The number of piperidine rings is 1. The Kier molecular flexibility index (Phi) is 7.87. The second-order valence-corrected chi connectivity index (χ2v) is 8.56. The second kappa shape index (κ2) is 10.6. The Hall–Kier alpha value is -2.38. The smallest absolute Gasteiger partial charge is 0.191 e. The van der Waals surface area contributed by atoms with Crippen LogP contribution in [0.1, 0.15) is 35.6 Å². The molecule has 0 aliphatic carbocycles. The summed E-state index contributed by atoms with van der Waals surface area (Å²) in [5.41, 5.74) is 3.94. The first-order valence-corrected chi connectivity index (χ1v) is 10.8. The van der Waals surface area contributed by atoms with Crippen LogP contribution >= 0.6 is 0 Å². The fourth-order valence-corrected chi connectivity index (χ4v) is 4.10. The van der Waals surface area contributed by atoms with Crippen LogP contribution in [0.4, 0.5) is 0 Å². The number of aryl methyl sites for hydroxylation is 2. The van der Waals surface area contributed by atoms with E-state index in [2.05, 4.69) is 82.0 Å². The molecule has 0 amide bonds. The first-order chi connectivity index (χ1) is 14.4. The summed E-state index contributed by atoms with van der Waals surface area (Å²) in [6.07, 6.45) is 6.28. The quantitative estimate of drug-likeness (QED) is 0.540. The SMILES string of the molecule is CN=C(NCC(c1cnn(C)c1)N(C)C)NC1CCN(Cc2cccc(C)c2)CC1. The molecule has 1 fully saturated rings. The van der Waals surface area contributed by atoms with Crippen LogP contribution in [0.15, 0.2) is 41.7 Å². The minimum atomic E-state index is 0.244. The Balaban J connectivity index is 1.46. The molecule has 1 aromatic carbocycles. The Bertz CT molecular complexity index is 818. The molecule has 1 saturated heterocycles. The Morgan fingerprint density at radius 1 is 1.30 bits per heavy atom. The van der Waals surface area contributed by atoms with E-state index >= 15 is 0 Å². The van der Waals surface area contributed by atoms with Crippen LogP contribution in [0.3, 0.4) is 0 Å². The van der Waals surface area contributed by atoms with Crippen molar-refractivity contribution in [1.82, 2.24) is 30.2 Å². The number of hydrogen-bond acceptors (Lipinski definition) is 4. The fraction of sp³-hybridized carbons (Fsp3) is 0.565. The van der Waals surface area contributed by atoms with E-state index in [0.29, 0.717) is 6.04 Å². The van der Waals surface area contributed by atoms with E-state index in [1.807, 2.05) is 25.0 Å². The van der Waals surface area contributed by atoms with Crippen molar-refractivity contribution in [2.75, 3.05) is 40.8 Å². The van der Waals surface area contributed by atoms with Crippen molar-refractivity contribution in [2.24, 2.45) is 12.0 Å². The number of guanidine groups is 1. The fourth-order valence-electron chi connectivity index (χ4n) is 4.10. The number of nitrogens with zero attached hydrogens (tertiary/aromatic N) is 5. The van der Waals surface area contributed by atoms with Gasteiger partial charge in [-0.15, -0.1) is 0 Å². The number of hydrogen-bond donors (Lipinski definition) is 2. The van der Waals surface area contributed by atoms with E-state index < -0.39 is 0 Å². The third-order valence-electron chi connectivity index (χ3n) is 5.84. The van der Waals surface area contributed by atoms with Gasteiger partial charge in [0, 0.05) is 58.1 Å². The summed E-state index contributed by atoms with van der Waals surface area (Å²) in [6, 6.07) is 9.54. The van der Waals surface area contributed by atoms with Crippen LogP contribution in [0.5, 0.6) is 0 Å². The molecular formula is C23H37N7. The van der Waals surface area contributed by atoms with E-state index in [1.54, 1.807) is 0 Å². The Morgan fingerprint density at radius 2 is 2.07 bits per heavy atom. The van der Waals surface area contributed by atoms with E-state index in [9.17, 15) is 0 Å². The number of likely N-dealkylation sites (tertiary alicyclic amines) is 1. The highest BCUT2D eigenvalue weighted by molar-refractivity contribution is 5.80. The number of rotatable bonds is 7. The third-order valence-corrected chi connectivity index (χ3v) is 5.84. The number of aliphatic imine (C=N–C) groups is 1. The van der Waals surface area contributed by atoms with Crippen LogP contribution in [0.2, 0.25) is 0 Å². The van der Waals surface area contributed by atoms with Crippen LogP contribution in [0.25, 0.3) is 0 Å². The largest absolute Gasteiger partial charge is 0.354 e. The minimum Gasteiger partial charge on any atom is -0.354 e. The van der Waals surface area contributed by atoms with Gasteiger partial charge in [0.2, 0.25) is 0 Å². The van der Waals surface area contributed by atoms with Gasteiger partial charge in [-0.05, 0) is 39.4 Å². The lowest BCUT2D eigenvalue weighted by Crippen LogP contribution is -2.49. The number of nitrogens with one attached hydrogen (secondary N) is 2. The van der Waals surface area contributed by atoms with Crippen LogP contribution in [0, 0.1) is 6.92 Å². The summed E-state index contributed by atoms with van der Waals surface area (Å²) in [7, 11) is 7.99. The highest BCUT2D eigenvalue weighted by Crippen LogP contribution is 2.17. The highest BCUT2D eigenvalue weighted by Gasteiger charge is 2.21. The van der Waals surface area contributed by atoms with Gasteiger partial charge in [0.1, 0.15) is 0 Å². The van der Waals surface area contributed by atoms with Gasteiger partial charge in [-0.2, -0.15) is 5.10 Å².